The van der Waals surface area contributed by atoms with Gasteiger partial charge >= 0.3 is 0 Å². The van der Waals surface area contributed by atoms with E-state index in [2.05, 4.69) is 9.97 Å². The van der Waals surface area contributed by atoms with Gasteiger partial charge in [0.05, 0.1) is 12.5 Å². The first-order chi connectivity index (χ1) is 13.2. The molecule has 1 saturated heterocycles. The van der Waals surface area contributed by atoms with Crippen LogP contribution in [0.5, 0.6) is 0 Å². The zero-order chi connectivity index (χ0) is 18.6. The molecule has 1 aliphatic heterocycles. The standard InChI is InChI=1S/C20H21FN4O2/c21-17-6-2-1-5-15(17)11-16-12-23-20(27-16)18-7-3-4-9-25(18)19(26)13-24-10-8-22-14-24/h1-2,5-6,8,10,12,14,18H,3-4,7,9,11,13H2. The number of nitrogens with zero attached hydrogens (tertiary/aromatic N) is 4. The number of aromatic nitrogens is 3. The third kappa shape index (κ3) is 3.92. The summed E-state index contributed by atoms with van der Waals surface area (Å²) in [6.45, 7) is 0.933. The predicted molar refractivity (Wildman–Crippen MR) is 96.2 cm³/mol. The summed E-state index contributed by atoms with van der Waals surface area (Å²) in [6, 6.07) is 6.46. The molecule has 140 valence electrons. The summed E-state index contributed by atoms with van der Waals surface area (Å²) in [7, 11) is 0. The van der Waals surface area contributed by atoms with E-state index >= 15 is 0 Å². The van der Waals surface area contributed by atoms with E-state index in [-0.39, 0.29) is 24.3 Å². The SMILES string of the molecule is O=C(Cn1ccnc1)N1CCCCC1c1ncc(Cc2ccccc2F)o1. The molecule has 3 heterocycles. The number of amides is 1. The molecule has 1 unspecified atom stereocenters. The van der Waals surface area contributed by atoms with Gasteiger partial charge in [-0.2, -0.15) is 0 Å². The number of carbonyl (C=O) groups excluding carboxylic acids is 1. The summed E-state index contributed by atoms with van der Waals surface area (Å²) in [5.41, 5.74) is 0.567. The van der Waals surface area contributed by atoms with Crippen LogP contribution >= 0.6 is 0 Å². The molecule has 0 radical (unpaired) electrons. The Morgan fingerprint density at radius 1 is 1.30 bits per heavy atom. The quantitative estimate of drug-likeness (QED) is 0.693. The van der Waals surface area contributed by atoms with Gasteiger partial charge in [0.15, 0.2) is 0 Å². The van der Waals surface area contributed by atoms with Gasteiger partial charge in [-0.05, 0) is 30.9 Å². The van der Waals surface area contributed by atoms with E-state index in [1.165, 1.54) is 6.07 Å². The van der Waals surface area contributed by atoms with E-state index in [9.17, 15) is 9.18 Å². The van der Waals surface area contributed by atoms with Crippen LogP contribution in [0.15, 0.2) is 53.6 Å². The fourth-order valence-electron chi connectivity index (χ4n) is 3.50. The van der Waals surface area contributed by atoms with E-state index in [1.807, 2.05) is 4.90 Å². The molecule has 2 aromatic heterocycles. The van der Waals surface area contributed by atoms with Crippen LogP contribution in [-0.2, 0) is 17.8 Å². The molecule has 0 N–H and O–H groups in total. The van der Waals surface area contributed by atoms with Crippen molar-refractivity contribution in [2.24, 2.45) is 0 Å². The average molecular weight is 368 g/mol. The van der Waals surface area contributed by atoms with Crippen molar-refractivity contribution in [1.29, 1.82) is 0 Å². The van der Waals surface area contributed by atoms with Crippen LogP contribution in [0, 0.1) is 5.82 Å². The summed E-state index contributed by atoms with van der Waals surface area (Å²) in [5, 5.41) is 0. The summed E-state index contributed by atoms with van der Waals surface area (Å²) in [5.74, 6) is 0.888. The van der Waals surface area contributed by atoms with Gasteiger partial charge in [-0.15, -0.1) is 0 Å². The van der Waals surface area contributed by atoms with Gasteiger partial charge in [0.1, 0.15) is 24.2 Å². The van der Waals surface area contributed by atoms with Gasteiger partial charge in [0, 0.05) is 25.4 Å². The lowest BCUT2D eigenvalue weighted by molar-refractivity contribution is -0.136. The number of hydrogen-bond acceptors (Lipinski definition) is 4. The number of imidazole rings is 1. The minimum absolute atomic E-state index is 0.0200. The fraction of sp³-hybridized carbons (Fsp3) is 0.350. The van der Waals surface area contributed by atoms with Gasteiger partial charge in [-0.25, -0.2) is 14.4 Å². The zero-order valence-corrected chi connectivity index (χ0v) is 14.9. The summed E-state index contributed by atoms with van der Waals surface area (Å²) in [6.07, 6.45) is 9.84. The Bertz CT molecular complexity index is 906. The lowest BCUT2D eigenvalue weighted by Gasteiger charge is -2.33. The number of benzene rings is 1. The third-order valence-corrected chi connectivity index (χ3v) is 4.88. The molecule has 1 aromatic carbocycles. The highest BCUT2D eigenvalue weighted by Gasteiger charge is 2.31. The molecule has 0 spiro atoms. The van der Waals surface area contributed by atoms with Crippen molar-refractivity contribution in [2.75, 3.05) is 6.54 Å². The second-order valence-electron chi connectivity index (χ2n) is 6.77. The van der Waals surface area contributed by atoms with Crippen LogP contribution in [0.25, 0.3) is 0 Å². The topological polar surface area (TPSA) is 64.2 Å². The number of halogens is 1. The first-order valence-corrected chi connectivity index (χ1v) is 9.14. The molecule has 1 aliphatic rings. The lowest BCUT2D eigenvalue weighted by Crippen LogP contribution is -2.40. The van der Waals surface area contributed by atoms with Crippen molar-refractivity contribution in [2.45, 2.75) is 38.3 Å². The van der Waals surface area contributed by atoms with Gasteiger partial charge < -0.3 is 13.9 Å². The van der Waals surface area contributed by atoms with E-state index in [4.69, 9.17) is 4.42 Å². The van der Waals surface area contributed by atoms with E-state index in [0.717, 1.165) is 19.3 Å². The summed E-state index contributed by atoms with van der Waals surface area (Å²) < 4.78 is 21.5. The first-order valence-electron chi connectivity index (χ1n) is 9.14. The molecule has 27 heavy (non-hydrogen) atoms. The molecule has 0 saturated carbocycles. The van der Waals surface area contributed by atoms with E-state index < -0.39 is 0 Å². The Labute approximate surface area is 156 Å². The first kappa shape index (κ1) is 17.5. The zero-order valence-electron chi connectivity index (χ0n) is 14.9. The number of rotatable bonds is 5. The molecule has 7 heteroatoms. The molecule has 3 aromatic rings. The number of likely N-dealkylation sites (tertiary alicyclic amines) is 1. The van der Waals surface area contributed by atoms with Crippen LogP contribution in [0.2, 0.25) is 0 Å². The number of carbonyl (C=O) groups is 1. The minimum Gasteiger partial charge on any atom is -0.443 e. The Hall–Kier alpha value is -2.96. The van der Waals surface area contributed by atoms with Gasteiger partial charge in [0.25, 0.3) is 0 Å². The molecular formula is C20H21FN4O2. The molecule has 1 amide bonds. The largest absolute Gasteiger partial charge is 0.443 e. The van der Waals surface area contributed by atoms with Crippen LogP contribution in [-0.4, -0.2) is 31.9 Å². The molecule has 1 fully saturated rings. The van der Waals surface area contributed by atoms with E-state index in [0.29, 0.717) is 30.2 Å². The van der Waals surface area contributed by atoms with Crippen LogP contribution in [0.1, 0.15) is 42.5 Å². The third-order valence-electron chi connectivity index (χ3n) is 4.88. The van der Waals surface area contributed by atoms with Crippen LogP contribution in [0.3, 0.4) is 0 Å². The Morgan fingerprint density at radius 2 is 2.19 bits per heavy atom. The van der Waals surface area contributed by atoms with Crippen molar-refractivity contribution < 1.29 is 13.6 Å². The Kier molecular flexibility index (Phi) is 5.00. The highest BCUT2D eigenvalue weighted by Crippen LogP contribution is 2.31. The average Bonchev–Trinajstić information content (AvgIpc) is 3.36. The smallest absolute Gasteiger partial charge is 0.243 e. The highest BCUT2D eigenvalue weighted by atomic mass is 19.1. The summed E-state index contributed by atoms with van der Waals surface area (Å²) in [4.78, 5) is 23.0. The molecule has 0 bridgehead atoms. The number of hydrogen-bond donors (Lipinski definition) is 0. The van der Waals surface area contributed by atoms with Gasteiger partial charge in [0.2, 0.25) is 11.8 Å². The minimum atomic E-state index is -0.259. The highest BCUT2D eigenvalue weighted by molar-refractivity contribution is 5.76. The number of oxazole rings is 1. The van der Waals surface area contributed by atoms with Crippen LogP contribution in [0.4, 0.5) is 4.39 Å². The van der Waals surface area contributed by atoms with E-state index in [1.54, 1.807) is 47.7 Å². The van der Waals surface area contributed by atoms with Gasteiger partial charge in [-0.3, -0.25) is 4.79 Å². The lowest BCUT2D eigenvalue weighted by atomic mass is 10.0. The van der Waals surface area contributed by atoms with Crippen molar-refractivity contribution >= 4 is 5.91 Å². The predicted octanol–water partition coefficient (Wildman–Crippen LogP) is 3.35. The Balaban J connectivity index is 1.50. The summed E-state index contributed by atoms with van der Waals surface area (Å²) >= 11 is 0. The van der Waals surface area contributed by atoms with Crippen molar-refractivity contribution in [3.63, 3.8) is 0 Å². The fourth-order valence-corrected chi connectivity index (χ4v) is 3.50. The maximum absolute atomic E-state index is 13.9. The van der Waals surface area contributed by atoms with Crippen molar-refractivity contribution in [1.82, 2.24) is 19.4 Å². The van der Waals surface area contributed by atoms with Crippen molar-refractivity contribution in [3.05, 3.63) is 72.2 Å². The maximum Gasteiger partial charge on any atom is 0.243 e. The van der Waals surface area contributed by atoms with Crippen molar-refractivity contribution in [3.8, 4) is 0 Å². The molecular weight excluding hydrogens is 347 g/mol. The maximum atomic E-state index is 13.9. The Morgan fingerprint density at radius 3 is 3.00 bits per heavy atom. The molecule has 0 aliphatic carbocycles. The molecule has 1 atom stereocenters. The second-order valence-corrected chi connectivity index (χ2v) is 6.77. The normalized spacial score (nSPS) is 17.2. The number of piperidine rings is 1. The van der Waals surface area contributed by atoms with Crippen LogP contribution < -0.4 is 0 Å². The monoisotopic (exact) mass is 368 g/mol. The van der Waals surface area contributed by atoms with Gasteiger partial charge in [-0.1, -0.05) is 18.2 Å². The molecule has 4 rings (SSSR count). The molecule has 6 nitrogen and oxygen atoms in total. The second kappa shape index (κ2) is 7.73.